The molecule has 1 aliphatic carbocycles. The molecule has 7 rings (SSSR count). The van der Waals surface area contributed by atoms with E-state index in [9.17, 15) is 27.6 Å². The third-order valence-electron chi connectivity index (χ3n) is 9.39. The molecule has 0 spiro atoms. The first-order chi connectivity index (χ1) is 26.9. The number of rotatable bonds is 11. The van der Waals surface area contributed by atoms with Gasteiger partial charge in [-0.05, 0) is 74.2 Å². The van der Waals surface area contributed by atoms with Crippen molar-refractivity contribution in [2.75, 3.05) is 4.72 Å². The van der Waals surface area contributed by atoms with Crippen molar-refractivity contribution in [1.29, 1.82) is 0 Å². The minimum Gasteiger partial charge on any atom is -0.461 e. The molecule has 2 N–H and O–H groups in total. The lowest BCUT2D eigenvalue weighted by atomic mass is 9.97. The highest BCUT2D eigenvalue weighted by atomic mass is 32.2. The van der Waals surface area contributed by atoms with Gasteiger partial charge in [-0.15, -0.1) is 10.2 Å². The Balaban J connectivity index is 1.11. The number of benzene rings is 2. The molecule has 1 atom stereocenters. The number of carbonyl (C=O) groups excluding carboxylic acids is 2. The van der Waals surface area contributed by atoms with Crippen LogP contribution in [0.3, 0.4) is 0 Å². The van der Waals surface area contributed by atoms with Gasteiger partial charge in [-0.1, -0.05) is 6.42 Å². The van der Waals surface area contributed by atoms with E-state index in [0.717, 1.165) is 23.8 Å². The van der Waals surface area contributed by atoms with Crippen LogP contribution < -0.4 is 21.3 Å². The van der Waals surface area contributed by atoms with Crippen molar-refractivity contribution >= 4 is 38.5 Å². The van der Waals surface area contributed by atoms with Crippen LogP contribution in [0.25, 0.3) is 22.3 Å². The van der Waals surface area contributed by atoms with Gasteiger partial charge in [0.1, 0.15) is 36.4 Å². The first-order valence-electron chi connectivity index (χ1n) is 17.4. The summed E-state index contributed by atoms with van der Waals surface area (Å²) in [4.78, 5) is 61.4. The fourth-order valence-electron chi connectivity index (χ4n) is 6.39. The molecule has 0 bridgehead atoms. The van der Waals surface area contributed by atoms with Crippen LogP contribution in [0, 0.1) is 11.6 Å². The minimum absolute atomic E-state index is 0.140. The number of anilines is 1. The van der Waals surface area contributed by atoms with Gasteiger partial charge in [0.25, 0.3) is 21.5 Å². The maximum absolute atomic E-state index is 15.5. The second-order valence-electron chi connectivity index (χ2n) is 13.1. The lowest BCUT2D eigenvalue weighted by molar-refractivity contribution is -0.152. The van der Waals surface area contributed by atoms with E-state index in [4.69, 9.17) is 4.74 Å². The van der Waals surface area contributed by atoms with Crippen LogP contribution in [-0.2, 0) is 33.0 Å². The molecule has 56 heavy (non-hydrogen) atoms. The maximum atomic E-state index is 15.5. The zero-order valence-electron chi connectivity index (χ0n) is 29.6. The van der Waals surface area contributed by atoms with Gasteiger partial charge in [0.15, 0.2) is 0 Å². The van der Waals surface area contributed by atoms with E-state index in [1.54, 1.807) is 0 Å². The Morgan fingerprint density at radius 2 is 1.64 bits per heavy atom. The molecule has 4 aromatic heterocycles. The molecule has 2 aromatic carbocycles. The van der Waals surface area contributed by atoms with Crippen molar-refractivity contribution in [2.45, 2.75) is 55.6 Å². The summed E-state index contributed by atoms with van der Waals surface area (Å²) in [6, 6.07) is 9.46. The molecule has 0 aliphatic heterocycles. The Morgan fingerprint density at radius 1 is 0.929 bits per heavy atom. The summed E-state index contributed by atoms with van der Waals surface area (Å²) >= 11 is 0. The van der Waals surface area contributed by atoms with E-state index in [1.165, 1.54) is 89.9 Å². The molecule has 19 heteroatoms. The Labute approximate surface area is 316 Å². The summed E-state index contributed by atoms with van der Waals surface area (Å²) in [5, 5.41) is 10.0. The number of amides is 1. The van der Waals surface area contributed by atoms with Gasteiger partial charge < -0.3 is 10.1 Å². The molecular weight excluding hydrogens is 753 g/mol. The van der Waals surface area contributed by atoms with E-state index >= 15 is 8.78 Å². The largest absolute Gasteiger partial charge is 0.461 e. The summed E-state index contributed by atoms with van der Waals surface area (Å²) in [6.07, 6.45) is 10.2. The van der Waals surface area contributed by atoms with Crippen LogP contribution in [0.5, 0.6) is 0 Å². The van der Waals surface area contributed by atoms with E-state index < -0.39 is 68.2 Å². The number of nitrogens with zero attached hydrogens (tertiary/aromatic N) is 7. The van der Waals surface area contributed by atoms with Gasteiger partial charge >= 0.3 is 11.7 Å². The van der Waals surface area contributed by atoms with Crippen molar-refractivity contribution in [3.63, 3.8) is 0 Å². The number of nitrogens with one attached hydrogen (secondary N) is 2. The minimum atomic E-state index is -4.39. The number of carbonyl (C=O) groups is 2. The van der Waals surface area contributed by atoms with Crippen molar-refractivity contribution in [3.8, 4) is 11.4 Å². The van der Waals surface area contributed by atoms with E-state index in [1.807, 2.05) is 4.72 Å². The lowest BCUT2D eigenvalue weighted by Gasteiger charge is -2.25. The van der Waals surface area contributed by atoms with Crippen molar-refractivity contribution in [3.05, 3.63) is 130 Å². The number of fused-ring (bicyclic) bond motifs is 1. The SMILES string of the molecule is Cn1c(=O)n(-c2ccc(C[C@H](NC(=O)c3cc(F)c(NS(=O)(=O)c4ccc(-n5cnnc5)cc4)cc3F)C(=O)OC3CCCCC3)nc2)c(=O)c2ccncc21. The van der Waals surface area contributed by atoms with Gasteiger partial charge in [0.05, 0.1) is 45.1 Å². The smallest absolute Gasteiger partial charge is 0.335 e. The summed E-state index contributed by atoms with van der Waals surface area (Å²) in [6.45, 7) is 0. The molecule has 6 aromatic rings. The Morgan fingerprint density at radius 3 is 2.34 bits per heavy atom. The Bertz CT molecular complexity index is 2660. The third-order valence-corrected chi connectivity index (χ3v) is 10.8. The highest BCUT2D eigenvalue weighted by molar-refractivity contribution is 7.92. The van der Waals surface area contributed by atoms with Gasteiger partial charge in [0, 0.05) is 37.1 Å². The quantitative estimate of drug-likeness (QED) is 0.183. The maximum Gasteiger partial charge on any atom is 0.335 e. The molecule has 1 saturated carbocycles. The number of ether oxygens (including phenoxy) is 1. The summed E-state index contributed by atoms with van der Waals surface area (Å²) in [5.41, 5.74) is -1.51. The van der Waals surface area contributed by atoms with Crippen LogP contribution >= 0.6 is 0 Å². The highest BCUT2D eigenvalue weighted by Gasteiger charge is 2.29. The van der Waals surface area contributed by atoms with Crippen LogP contribution in [-0.4, -0.2) is 66.3 Å². The molecule has 288 valence electrons. The molecule has 1 fully saturated rings. The number of sulfonamides is 1. The van der Waals surface area contributed by atoms with Crippen LogP contribution in [0.4, 0.5) is 14.5 Å². The van der Waals surface area contributed by atoms with Gasteiger partial charge in [-0.3, -0.25) is 33.4 Å². The van der Waals surface area contributed by atoms with E-state index in [-0.39, 0.29) is 28.1 Å². The zero-order valence-corrected chi connectivity index (χ0v) is 30.4. The Kier molecular flexibility index (Phi) is 10.5. The second-order valence-corrected chi connectivity index (χ2v) is 14.8. The van der Waals surface area contributed by atoms with Crippen molar-refractivity contribution < 1.29 is 31.5 Å². The number of esters is 1. The highest BCUT2D eigenvalue weighted by Crippen LogP contribution is 2.25. The lowest BCUT2D eigenvalue weighted by Crippen LogP contribution is -2.45. The predicted octanol–water partition coefficient (Wildman–Crippen LogP) is 3.36. The van der Waals surface area contributed by atoms with Gasteiger partial charge in [0.2, 0.25) is 0 Å². The van der Waals surface area contributed by atoms with Crippen LogP contribution in [0.1, 0.15) is 48.2 Å². The first-order valence-corrected chi connectivity index (χ1v) is 18.9. The number of aryl methyl sites for hydroxylation is 1. The molecule has 0 saturated heterocycles. The fourth-order valence-corrected chi connectivity index (χ4v) is 7.45. The molecule has 16 nitrogen and oxygen atoms in total. The number of halogens is 2. The van der Waals surface area contributed by atoms with Crippen LogP contribution in [0.2, 0.25) is 0 Å². The monoisotopic (exact) mass is 785 g/mol. The number of aromatic nitrogens is 7. The molecule has 4 heterocycles. The van der Waals surface area contributed by atoms with E-state index in [2.05, 4.69) is 25.5 Å². The predicted molar refractivity (Wildman–Crippen MR) is 197 cm³/mol. The van der Waals surface area contributed by atoms with Gasteiger partial charge in [-0.25, -0.2) is 31.4 Å². The molecule has 0 radical (unpaired) electrons. The molecule has 1 aliphatic rings. The summed E-state index contributed by atoms with van der Waals surface area (Å²) in [7, 11) is -2.90. The summed E-state index contributed by atoms with van der Waals surface area (Å²) in [5.74, 6) is -4.54. The average molecular weight is 786 g/mol. The molecule has 0 unspecified atom stereocenters. The second kappa shape index (κ2) is 15.6. The fraction of sp³-hybridized carbons (Fsp3) is 0.243. The molecule has 1 amide bonds. The Hall–Kier alpha value is -6.63. The average Bonchev–Trinajstić information content (AvgIpc) is 3.74. The number of hydrogen-bond donors (Lipinski definition) is 2. The van der Waals surface area contributed by atoms with Gasteiger partial charge in [-0.2, -0.15) is 0 Å². The topological polar surface area (TPSA) is 202 Å². The van der Waals surface area contributed by atoms with Crippen molar-refractivity contribution in [2.24, 2.45) is 7.05 Å². The zero-order chi connectivity index (χ0) is 39.6. The normalized spacial score (nSPS) is 14.0. The first kappa shape index (κ1) is 37.7. The number of hydrogen-bond acceptors (Lipinski definition) is 11. The summed E-state index contributed by atoms with van der Waals surface area (Å²) < 4.78 is 68.3. The third kappa shape index (κ3) is 7.79. The van der Waals surface area contributed by atoms with E-state index in [0.29, 0.717) is 36.2 Å². The van der Waals surface area contributed by atoms with Crippen molar-refractivity contribution in [1.82, 2.24) is 39.2 Å². The molecular formula is C37H33F2N9O7S. The standard InChI is InChI=1S/C37H33F2N9O7S/c1-46-33-19-40-14-13-27(33)35(50)48(37(46)52)24-8-7-22(41-18-24)15-32(36(51)55-25-5-3-2-4-6-25)44-34(49)28-16-30(39)31(17-29(28)38)45-56(53,54)26-11-9-23(10-12-26)47-20-42-43-21-47/h7-14,16-21,25,32,45H,2-6,15H2,1H3,(H,44,49)/t32-/m0/s1. The number of pyridine rings is 2. The van der Waals surface area contributed by atoms with Crippen LogP contribution in [0.15, 0.2) is 100 Å².